The molecule has 0 spiro atoms. The van der Waals surface area contributed by atoms with Gasteiger partial charge in [-0.1, -0.05) is 31.8 Å². The van der Waals surface area contributed by atoms with E-state index in [1.165, 1.54) is 16.9 Å². The maximum Gasteiger partial charge on any atom is 0.174 e. The highest BCUT2D eigenvalue weighted by Crippen LogP contribution is 2.44. The van der Waals surface area contributed by atoms with Crippen LogP contribution in [0, 0.1) is 11.8 Å². The third-order valence-electron chi connectivity index (χ3n) is 4.84. The van der Waals surface area contributed by atoms with E-state index in [4.69, 9.17) is 0 Å². The average molecular weight is 375 g/mol. The molecular weight excluding hydrogens is 354 g/mol. The van der Waals surface area contributed by atoms with Crippen LogP contribution in [0.4, 0.5) is 11.4 Å². The van der Waals surface area contributed by atoms with Crippen LogP contribution >= 0.6 is 11.3 Å². The molecule has 3 aromatic rings. The minimum Gasteiger partial charge on any atom is -0.371 e. The number of fused-ring (bicyclic) bond motifs is 1. The summed E-state index contributed by atoms with van der Waals surface area (Å²) < 4.78 is 0. The molecule has 1 unspecified atom stereocenters. The molecule has 1 atom stereocenters. The van der Waals surface area contributed by atoms with Crippen LogP contribution in [0.3, 0.4) is 0 Å². The lowest BCUT2D eigenvalue weighted by Crippen LogP contribution is -2.24. The lowest BCUT2D eigenvalue weighted by atomic mass is 9.86. The molecule has 0 aliphatic carbocycles. The van der Waals surface area contributed by atoms with Crippen LogP contribution in [-0.2, 0) is 11.0 Å². The fraction of sp³-hybridized carbons (Fsp3) is 0.273. The minimum atomic E-state index is -1.25. The van der Waals surface area contributed by atoms with Crippen LogP contribution in [0.2, 0.25) is 0 Å². The van der Waals surface area contributed by atoms with Gasteiger partial charge in [-0.25, -0.2) is 4.98 Å². The smallest absolute Gasteiger partial charge is 0.174 e. The zero-order valence-corrected chi connectivity index (χ0v) is 16.4. The number of anilines is 2. The maximum absolute atomic E-state index is 10.6. The zero-order chi connectivity index (χ0) is 19.1. The summed E-state index contributed by atoms with van der Waals surface area (Å²) in [6, 6.07) is 10.3. The molecule has 0 fully saturated rings. The Labute approximate surface area is 163 Å². The van der Waals surface area contributed by atoms with Crippen LogP contribution in [0.25, 0.3) is 0 Å². The Morgan fingerprint density at radius 3 is 2.67 bits per heavy atom. The summed E-state index contributed by atoms with van der Waals surface area (Å²) in [7, 11) is 0. The van der Waals surface area contributed by atoms with E-state index >= 15 is 0 Å². The fourth-order valence-electron chi connectivity index (χ4n) is 3.44. The van der Waals surface area contributed by atoms with Gasteiger partial charge in [-0.05, 0) is 36.8 Å². The molecule has 136 valence electrons. The predicted molar refractivity (Wildman–Crippen MR) is 109 cm³/mol. The quantitative estimate of drug-likeness (QED) is 0.681. The molecule has 1 N–H and O–H groups in total. The highest BCUT2D eigenvalue weighted by atomic mass is 32.1. The molecule has 1 aromatic carbocycles. The molecule has 1 aliphatic heterocycles. The second-order valence-electron chi connectivity index (χ2n) is 7.57. The van der Waals surface area contributed by atoms with Crippen molar-refractivity contribution >= 4 is 22.7 Å². The first-order valence-corrected chi connectivity index (χ1v) is 9.72. The molecule has 4 rings (SSSR count). The van der Waals surface area contributed by atoms with Gasteiger partial charge in [-0.15, -0.1) is 11.3 Å². The lowest BCUT2D eigenvalue weighted by molar-refractivity contribution is 0.122. The number of aliphatic hydroxyl groups is 1. The molecule has 0 saturated heterocycles. The molecule has 27 heavy (non-hydrogen) atoms. The van der Waals surface area contributed by atoms with Gasteiger partial charge in [0.05, 0.1) is 0 Å². The average Bonchev–Trinajstić information content (AvgIpc) is 3.28. The maximum atomic E-state index is 10.6. The van der Waals surface area contributed by atoms with Crippen molar-refractivity contribution < 1.29 is 5.11 Å². The van der Waals surface area contributed by atoms with Crippen molar-refractivity contribution in [2.24, 2.45) is 0 Å². The van der Waals surface area contributed by atoms with Gasteiger partial charge in [0.25, 0.3) is 0 Å². The summed E-state index contributed by atoms with van der Waals surface area (Å²) in [5, 5.41) is 13.0. The van der Waals surface area contributed by atoms with E-state index in [0.29, 0.717) is 5.01 Å². The van der Waals surface area contributed by atoms with Crippen molar-refractivity contribution in [2.75, 3.05) is 11.4 Å². The first-order valence-electron chi connectivity index (χ1n) is 8.84. The van der Waals surface area contributed by atoms with Crippen molar-refractivity contribution in [2.45, 2.75) is 31.8 Å². The summed E-state index contributed by atoms with van der Waals surface area (Å²) in [6.07, 6.45) is 5.31. The molecule has 1 aliphatic rings. The first kappa shape index (κ1) is 17.7. The SMILES string of the molecule is CC(O)(C#Cc1ccc2c(c1)N(c1ccncc1)CC2(C)C)c1nccs1. The fourth-order valence-corrected chi connectivity index (χ4v) is 4.09. The number of hydrogen-bond donors (Lipinski definition) is 1. The van der Waals surface area contributed by atoms with Gasteiger partial charge in [0, 0.05) is 52.9 Å². The highest BCUT2D eigenvalue weighted by Gasteiger charge is 2.35. The van der Waals surface area contributed by atoms with Crippen molar-refractivity contribution in [3.8, 4) is 11.8 Å². The third-order valence-corrected chi connectivity index (χ3v) is 5.83. The Morgan fingerprint density at radius 1 is 1.19 bits per heavy atom. The number of benzene rings is 1. The first-order chi connectivity index (χ1) is 12.9. The molecule has 2 aromatic heterocycles. The summed E-state index contributed by atoms with van der Waals surface area (Å²) in [6.45, 7) is 7.09. The summed E-state index contributed by atoms with van der Waals surface area (Å²) >= 11 is 1.40. The normalized spacial score (nSPS) is 17.0. The van der Waals surface area contributed by atoms with Crippen LogP contribution in [0.15, 0.2) is 54.3 Å². The Kier molecular flexibility index (Phi) is 4.26. The molecule has 3 heterocycles. The highest BCUT2D eigenvalue weighted by molar-refractivity contribution is 7.09. The minimum absolute atomic E-state index is 0.0525. The van der Waals surface area contributed by atoms with Gasteiger partial charge in [0.1, 0.15) is 5.01 Å². The summed E-state index contributed by atoms with van der Waals surface area (Å²) in [4.78, 5) is 10.6. The van der Waals surface area contributed by atoms with Crippen LogP contribution in [-0.4, -0.2) is 21.6 Å². The van der Waals surface area contributed by atoms with E-state index in [2.05, 4.69) is 52.7 Å². The molecule has 0 bridgehead atoms. The summed E-state index contributed by atoms with van der Waals surface area (Å²) in [5.74, 6) is 6.10. The van der Waals surface area contributed by atoms with Crippen LogP contribution in [0.1, 0.15) is 36.9 Å². The van der Waals surface area contributed by atoms with Gasteiger partial charge in [0.15, 0.2) is 5.60 Å². The number of hydrogen-bond acceptors (Lipinski definition) is 5. The summed E-state index contributed by atoms with van der Waals surface area (Å²) in [5.41, 5.74) is 3.26. The Hall–Kier alpha value is -2.68. The van der Waals surface area contributed by atoms with Gasteiger partial charge in [-0.3, -0.25) is 4.98 Å². The number of aromatic nitrogens is 2. The standard InChI is InChI=1S/C22H21N3OS/c1-21(2)15-25(17-7-10-23-11-8-17)19-14-16(4-5-18(19)21)6-9-22(3,26)20-24-12-13-27-20/h4-5,7-8,10-14,26H,15H2,1-3H3. The predicted octanol–water partition coefficient (Wildman–Crippen LogP) is 4.23. The monoisotopic (exact) mass is 375 g/mol. The number of thiazole rings is 1. The van der Waals surface area contributed by atoms with Crippen molar-refractivity contribution in [1.82, 2.24) is 9.97 Å². The second kappa shape index (κ2) is 6.49. The van der Waals surface area contributed by atoms with E-state index in [9.17, 15) is 5.11 Å². The van der Waals surface area contributed by atoms with Crippen molar-refractivity contribution in [3.05, 3.63) is 70.4 Å². The molecule has 5 heteroatoms. The van der Waals surface area contributed by atoms with Gasteiger partial charge < -0.3 is 10.0 Å². The molecule has 0 amide bonds. The van der Waals surface area contributed by atoms with Crippen LogP contribution < -0.4 is 4.90 Å². The van der Waals surface area contributed by atoms with Gasteiger partial charge in [-0.2, -0.15) is 0 Å². The van der Waals surface area contributed by atoms with Gasteiger partial charge >= 0.3 is 0 Å². The number of nitrogens with zero attached hydrogens (tertiary/aromatic N) is 3. The van der Waals surface area contributed by atoms with E-state index in [0.717, 1.165) is 23.5 Å². The third kappa shape index (κ3) is 3.34. The molecule has 0 saturated carbocycles. The van der Waals surface area contributed by atoms with E-state index in [1.54, 1.807) is 13.1 Å². The number of rotatable bonds is 2. The topological polar surface area (TPSA) is 49.2 Å². The second-order valence-corrected chi connectivity index (χ2v) is 8.46. The van der Waals surface area contributed by atoms with Crippen molar-refractivity contribution in [3.63, 3.8) is 0 Å². The van der Waals surface area contributed by atoms with Gasteiger partial charge in [0.2, 0.25) is 0 Å². The van der Waals surface area contributed by atoms with E-state index < -0.39 is 5.60 Å². The molecule has 0 radical (unpaired) electrons. The Balaban J connectivity index is 1.72. The Morgan fingerprint density at radius 2 is 1.96 bits per heavy atom. The van der Waals surface area contributed by atoms with E-state index in [-0.39, 0.29) is 5.41 Å². The van der Waals surface area contributed by atoms with Crippen molar-refractivity contribution in [1.29, 1.82) is 0 Å². The lowest BCUT2D eigenvalue weighted by Gasteiger charge is -2.22. The van der Waals surface area contributed by atoms with E-state index in [1.807, 2.05) is 36.0 Å². The zero-order valence-electron chi connectivity index (χ0n) is 15.6. The molecule has 4 nitrogen and oxygen atoms in total. The largest absolute Gasteiger partial charge is 0.371 e. The van der Waals surface area contributed by atoms with Crippen LogP contribution in [0.5, 0.6) is 0 Å². The molecular formula is C22H21N3OS. The number of pyridine rings is 1. The Bertz CT molecular complexity index is 1010.